The van der Waals surface area contributed by atoms with Crippen molar-refractivity contribution < 1.29 is 9.21 Å². The number of carbonyl (C=O) groups is 1. The van der Waals surface area contributed by atoms with E-state index in [0.29, 0.717) is 16.3 Å². The Hall–Kier alpha value is -2.55. The SMILES string of the molecule is Cc1nnc(NC(=O)Cn2cnc3oc(C)c(C)c3c2=O)s1. The Morgan fingerprint density at radius 2 is 2.14 bits per heavy atom. The first kappa shape index (κ1) is 14.4. The molecule has 0 saturated carbocycles. The third-order valence-corrected chi connectivity index (χ3v) is 4.00. The number of furan rings is 1. The Morgan fingerprint density at radius 3 is 2.82 bits per heavy atom. The number of nitrogens with one attached hydrogen (secondary N) is 1. The summed E-state index contributed by atoms with van der Waals surface area (Å²) >= 11 is 1.27. The highest BCUT2D eigenvalue weighted by Gasteiger charge is 2.15. The van der Waals surface area contributed by atoms with Crippen LogP contribution < -0.4 is 10.9 Å². The van der Waals surface area contributed by atoms with Crippen LogP contribution in [-0.2, 0) is 11.3 Å². The fourth-order valence-electron chi connectivity index (χ4n) is 2.04. The number of hydrogen-bond donors (Lipinski definition) is 1. The van der Waals surface area contributed by atoms with Gasteiger partial charge in [0.05, 0.1) is 0 Å². The van der Waals surface area contributed by atoms with Crippen molar-refractivity contribution in [2.24, 2.45) is 0 Å². The van der Waals surface area contributed by atoms with Crippen molar-refractivity contribution in [3.05, 3.63) is 33.0 Å². The highest BCUT2D eigenvalue weighted by molar-refractivity contribution is 7.15. The molecule has 114 valence electrons. The van der Waals surface area contributed by atoms with Crippen LogP contribution >= 0.6 is 11.3 Å². The molecule has 0 aliphatic carbocycles. The Morgan fingerprint density at radius 1 is 1.36 bits per heavy atom. The molecule has 3 heterocycles. The lowest BCUT2D eigenvalue weighted by atomic mass is 10.2. The van der Waals surface area contributed by atoms with Crippen molar-refractivity contribution in [1.82, 2.24) is 19.7 Å². The fourth-order valence-corrected chi connectivity index (χ4v) is 2.65. The molecule has 0 bridgehead atoms. The third kappa shape index (κ3) is 2.50. The smallest absolute Gasteiger partial charge is 0.265 e. The molecular formula is C13H13N5O3S. The summed E-state index contributed by atoms with van der Waals surface area (Å²) in [6.45, 7) is 5.20. The maximum atomic E-state index is 12.4. The van der Waals surface area contributed by atoms with E-state index in [4.69, 9.17) is 4.42 Å². The average Bonchev–Trinajstić information content (AvgIpc) is 2.98. The minimum Gasteiger partial charge on any atom is -0.443 e. The lowest BCUT2D eigenvalue weighted by molar-refractivity contribution is -0.116. The summed E-state index contributed by atoms with van der Waals surface area (Å²) < 4.78 is 6.64. The summed E-state index contributed by atoms with van der Waals surface area (Å²) in [5, 5.41) is 11.8. The van der Waals surface area contributed by atoms with E-state index in [1.807, 2.05) is 0 Å². The van der Waals surface area contributed by atoms with Gasteiger partial charge in [-0.3, -0.25) is 19.5 Å². The number of fused-ring (bicyclic) bond motifs is 1. The van der Waals surface area contributed by atoms with E-state index in [0.717, 1.165) is 10.6 Å². The molecule has 0 aromatic carbocycles. The minimum atomic E-state index is -0.364. The number of amides is 1. The number of nitrogens with zero attached hydrogens (tertiary/aromatic N) is 4. The van der Waals surface area contributed by atoms with Gasteiger partial charge in [0, 0.05) is 5.56 Å². The van der Waals surface area contributed by atoms with Crippen molar-refractivity contribution in [3.63, 3.8) is 0 Å². The van der Waals surface area contributed by atoms with Gasteiger partial charge in [0.1, 0.15) is 29.0 Å². The van der Waals surface area contributed by atoms with Gasteiger partial charge in [-0.2, -0.15) is 0 Å². The molecule has 0 aliphatic rings. The van der Waals surface area contributed by atoms with Crippen LogP contribution in [0.5, 0.6) is 0 Å². The predicted octanol–water partition coefficient (Wildman–Crippen LogP) is 1.40. The molecule has 8 nitrogen and oxygen atoms in total. The first-order chi connectivity index (χ1) is 10.5. The second-order valence-corrected chi connectivity index (χ2v) is 6.00. The summed E-state index contributed by atoms with van der Waals surface area (Å²) in [5.74, 6) is 0.281. The third-order valence-electron chi connectivity index (χ3n) is 3.24. The van der Waals surface area contributed by atoms with Crippen LogP contribution in [0.2, 0.25) is 0 Å². The van der Waals surface area contributed by atoms with Crippen molar-refractivity contribution in [2.45, 2.75) is 27.3 Å². The number of aromatic nitrogens is 4. The summed E-state index contributed by atoms with van der Waals surface area (Å²) in [5.41, 5.74) is 0.723. The Kier molecular flexibility index (Phi) is 3.49. The molecule has 9 heteroatoms. The van der Waals surface area contributed by atoms with Crippen molar-refractivity contribution in [3.8, 4) is 0 Å². The molecule has 3 aromatic rings. The van der Waals surface area contributed by atoms with E-state index in [9.17, 15) is 9.59 Å². The van der Waals surface area contributed by atoms with E-state index in [-0.39, 0.29) is 23.7 Å². The van der Waals surface area contributed by atoms with Crippen LogP contribution in [0.1, 0.15) is 16.3 Å². The van der Waals surface area contributed by atoms with Gasteiger partial charge >= 0.3 is 0 Å². The minimum absolute atomic E-state index is 0.149. The molecule has 0 atom stereocenters. The Labute approximate surface area is 128 Å². The normalized spacial score (nSPS) is 11.0. The molecule has 0 saturated heterocycles. The van der Waals surface area contributed by atoms with E-state index in [1.165, 1.54) is 22.2 Å². The maximum Gasteiger partial charge on any atom is 0.265 e. The van der Waals surface area contributed by atoms with Gasteiger partial charge < -0.3 is 4.42 Å². The first-order valence-electron chi connectivity index (χ1n) is 6.51. The van der Waals surface area contributed by atoms with Crippen molar-refractivity contribution >= 4 is 33.5 Å². The Bertz CT molecular complexity index is 924. The first-order valence-corrected chi connectivity index (χ1v) is 7.32. The van der Waals surface area contributed by atoms with Gasteiger partial charge in [-0.25, -0.2) is 4.98 Å². The van der Waals surface area contributed by atoms with Crippen LogP contribution in [-0.4, -0.2) is 25.7 Å². The highest BCUT2D eigenvalue weighted by Crippen LogP contribution is 2.19. The number of rotatable bonds is 3. The molecule has 0 aliphatic heterocycles. The maximum absolute atomic E-state index is 12.4. The van der Waals surface area contributed by atoms with Crippen molar-refractivity contribution in [2.75, 3.05) is 5.32 Å². The lowest BCUT2D eigenvalue weighted by Crippen LogP contribution is -2.27. The number of anilines is 1. The topological polar surface area (TPSA) is 103 Å². The van der Waals surface area contributed by atoms with Crippen LogP contribution in [0.3, 0.4) is 0 Å². The van der Waals surface area contributed by atoms with Crippen molar-refractivity contribution in [1.29, 1.82) is 0 Å². The Balaban J connectivity index is 1.87. The molecule has 3 aromatic heterocycles. The van der Waals surface area contributed by atoms with E-state index >= 15 is 0 Å². The van der Waals surface area contributed by atoms with Gasteiger partial charge in [0.15, 0.2) is 0 Å². The largest absolute Gasteiger partial charge is 0.443 e. The van der Waals surface area contributed by atoms with Crippen LogP contribution in [0.25, 0.3) is 11.1 Å². The standard InChI is InChI=1S/C13H13N5O3S/c1-6-7(2)21-11-10(6)12(20)18(5-14-11)4-9(19)15-13-17-16-8(3)22-13/h5H,4H2,1-3H3,(H,15,17,19). The average molecular weight is 319 g/mol. The number of aryl methyl sites for hydroxylation is 3. The number of carbonyl (C=O) groups excluding carboxylic acids is 1. The molecule has 3 rings (SSSR count). The fraction of sp³-hybridized carbons (Fsp3) is 0.308. The quantitative estimate of drug-likeness (QED) is 0.783. The van der Waals surface area contributed by atoms with E-state index in [2.05, 4.69) is 20.5 Å². The second-order valence-electron chi connectivity index (χ2n) is 4.82. The zero-order valence-corrected chi connectivity index (χ0v) is 13.0. The molecule has 0 radical (unpaired) electrons. The van der Waals surface area contributed by atoms with Gasteiger partial charge in [-0.1, -0.05) is 11.3 Å². The zero-order valence-electron chi connectivity index (χ0n) is 12.2. The molecular weight excluding hydrogens is 306 g/mol. The number of hydrogen-bond acceptors (Lipinski definition) is 7. The molecule has 0 spiro atoms. The van der Waals surface area contributed by atoms with Crippen LogP contribution in [0, 0.1) is 20.8 Å². The predicted molar refractivity (Wildman–Crippen MR) is 81.0 cm³/mol. The summed E-state index contributed by atoms with van der Waals surface area (Å²) in [4.78, 5) is 28.5. The summed E-state index contributed by atoms with van der Waals surface area (Å²) in [6.07, 6.45) is 1.30. The van der Waals surface area contributed by atoms with Gasteiger partial charge in [0.25, 0.3) is 5.56 Å². The monoisotopic (exact) mass is 319 g/mol. The lowest BCUT2D eigenvalue weighted by Gasteiger charge is -2.04. The molecule has 0 unspecified atom stereocenters. The van der Waals surface area contributed by atoms with E-state index in [1.54, 1.807) is 20.8 Å². The van der Waals surface area contributed by atoms with Gasteiger partial charge in [0.2, 0.25) is 16.8 Å². The molecule has 1 N–H and O–H groups in total. The molecule has 1 amide bonds. The van der Waals surface area contributed by atoms with Gasteiger partial charge in [-0.15, -0.1) is 10.2 Å². The molecule has 0 fully saturated rings. The van der Waals surface area contributed by atoms with E-state index < -0.39 is 0 Å². The van der Waals surface area contributed by atoms with Gasteiger partial charge in [-0.05, 0) is 20.8 Å². The van der Waals surface area contributed by atoms with Crippen LogP contribution in [0.15, 0.2) is 15.5 Å². The zero-order chi connectivity index (χ0) is 15.9. The summed E-state index contributed by atoms with van der Waals surface area (Å²) in [7, 11) is 0. The van der Waals surface area contributed by atoms with Crippen LogP contribution in [0.4, 0.5) is 5.13 Å². The highest BCUT2D eigenvalue weighted by atomic mass is 32.1. The summed E-state index contributed by atoms with van der Waals surface area (Å²) in [6, 6.07) is 0. The second kappa shape index (κ2) is 5.34. The molecule has 22 heavy (non-hydrogen) atoms.